The van der Waals surface area contributed by atoms with Gasteiger partial charge in [0.2, 0.25) is 11.8 Å². The number of hydrogen-bond acceptors (Lipinski definition) is 2. The molecule has 4 aliphatic carbocycles. The first kappa shape index (κ1) is 25.1. The van der Waals surface area contributed by atoms with E-state index in [4.69, 9.17) is 0 Å². The number of likely N-dealkylation sites (N-methyl/N-ethyl adjacent to an activating group) is 2. The van der Waals surface area contributed by atoms with Crippen molar-refractivity contribution in [2.24, 2.45) is 29.1 Å². The Hall–Kier alpha value is -0.560. The van der Waals surface area contributed by atoms with Gasteiger partial charge in [0, 0.05) is 0 Å². The lowest BCUT2D eigenvalue weighted by Crippen LogP contribution is -3.12. The maximum Gasteiger partial charge on any atom is 0.236 e. The molecule has 2 amide bonds. The fourth-order valence-electron chi connectivity index (χ4n) is 7.74. The van der Waals surface area contributed by atoms with Crippen LogP contribution in [0.1, 0.15) is 38.5 Å². The molecule has 0 aromatic heterocycles. The summed E-state index contributed by atoms with van der Waals surface area (Å²) in [5.41, 5.74) is -0.0463. The van der Waals surface area contributed by atoms with Crippen molar-refractivity contribution in [3.05, 3.63) is 0 Å². The first-order valence-electron chi connectivity index (χ1n) is 12.1. The summed E-state index contributed by atoms with van der Waals surface area (Å²) in [6, 6.07) is 0. The van der Waals surface area contributed by atoms with E-state index >= 15 is 0 Å². The average molecular weight is 476 g/mol. The fourth-order valence-corrected chi connectivity index (χ4v) is 7.74. The minimum absolute atomic E-state index is 0. The van der Waals surface area contributed by atoms with E-state index in [0.717, 1.165) is 89.4 Å². The smallest absolute Gasteiger partial charge is 0.236 e. The van der Waals surface area contributed by atoms with Gasteiger partial charge in [0.05, 0.1) is 66.5 Å². The molecule has 31 heavy (non-hydrogen) atoms. The molecule has 0 aromatic rings. The van der Waals surface area contributed by atoms with E-state index in [9.17, 15) is 9.59 Å². The highest BCUT2D eigenvalue weighted by molar-refractivity contribution is 6.01. The van der Waals surface area contributed by atoms with Gasteiger partial charge in [-0.3, -0.25) is 9.59 Å². The average Bonchev–Trinajstić information content (AvgIpc) is 2.68. The Labute approximate surface area is 199 Å². The second kappa shape index (κ2) is 9.74. The number of quaternary nitrogens is 2. The van der Waals surface area contributed by atoms with E-state index in [0.29, 0.717) is 0 Å². The third kappa shape index (κ3) is 4.73. The number of hydrogen-bond donors (Lipinski definition) is 2. The van der Waals surface area contributed by atoms with Crippen LogP contribution in [0.5, 0.6) is 0 Å². The van der Waals surface area contributed by atoms with Crippen LogP contribution >= 0.6 is 0 Å². The van der Waals surface area contributed by atoms with Gasteiger partial charge in [-0.15, -0.1) is 0 Å². The minimum atomic E-state index is -0.410. The number of piperazine rings is 2. The Morgan fingerprint density at radius 2 is 1.03 bits per heavy atom. The van der Waals surface area contributed by atoms with Crippen molar-refractivity contribution in [1.82, 2.24) is 9.80 Å². The molecule has 0 unspecified atom stereocenters. The second-order valence-corrected chi connectivity index (χ2v) is 11.3. The summed E-state index contributed by atoms with van der Waals surface area (Å²) >= 11 is 0. The van der Waals surface area contributed by atoms with Crippen molar-refractivity contribution in [3.63, 3.8) is 0 Å². The van der Waals surface area contributed by atoms with Crippen LogP contribution in [0, 0.1) is 29.1 Å². The van der Waals surface area contributed by atoms with Gasteiger partial charge in [-0.25, -0.2) is 0 Å². The van der Waals surface area contributed by atoms with Gasteiger partial charge in [0.25, 0.3) is 0 Å². The van der Waals surface area contributed by atoms with E-state index in [2.05, 4.69) is 23.9 Å². The molecule has 6 nitrogen and oxygen atoms in total. The molecule has 0 aromatic carbocycles. The number of nitrogens with zero attached hydrogens (tertiary/aromatic N) is 2. The monoisotopic (exact) mass is 474 g/mol. The maximum absolute atomic E-state index is 13.9. The van der Waals surface area contributed by atoms with Crippen molar-refractivity contribution in [3.8, 4) is 0 Å². The molecular weight excluding hydrogens is 435 g/mol. The molecule has 6 rings (SSSR count). The van der Waals surface area contributed by atoms with E-state index in [1.807, 2.05) is 0 Å². The predicted molar refractivity (Wildman–Crippen MR) is 110 cm³/mol. The molecule has 0 spiro atoms. The lowest BCUT2D eigenvalue weighted by atomic mass is 9.46. The van der Waals surface area contributed by atoms with Gasteiger partial charge in [-0.05, 0) is 61.7 Å². The minimum Gasteiger partial charge on any atom is -1.00 e. The molecule has 4 bridgehead atoms. The van der Waals surface area contributed by atoms with Gasteiger partial charge in [0.15, 0.2) is 0 Å². The summed E-state index contributed by atoms with van der Waals surface area (Å²) in [5.74, 6) is 2.23. The largest absolute Gasteiger partial charge is 1.00 e. The topological polar surface area (TPSA) is 49.5 Å². The van der Waals surface area contributed by atoms with Crippen molar-refractivity contribution >= 4 is 11.8 Å². The lowest BCUT2D eigenvalue weighted by Gasteiger charge is -2.59. The highest BCUT2D eigenvalue weighted by atomic mass is 35.5. The van der Waals surface area contributed by atoms with Crippen molar-refractivity contribution < 1.29 is 44.2 Å². The number of amides is 2. The van der Waals surface area contributed by atoms with Gasteiger partial charge in [-0.1, -0.05) is 0 Å². The third-order valence-corrected chi connectivity index (χ3v) is 9.05. The molecular formula is C23H40Cl2N4O2. The van der Waals surface area contributed by atoms with Crippen LogP contribution in [0.2, 0.25) is 0 Å². The number of carbonyl (C=O) groups is 2. The van der Waals surface area contributed by atoms with Crippen LogP contribution in [0.3, 0.4) is 0 Å². The van der Waals surface area contributed by atoms with Crippen LogP contribution in [0.15, 0.2) is 0 Å². The predicted octanol–water partition coefficient (Wildman–Crippen LogP) is -7.46. The molecule has 2 heterocycles. The van der Waals surface area contributed by atoms with E-state index < -0.39 is 5.92 Å². The van der Waals surface area contributed by atoms with Crippen LogP contribution in [-0.4, -0.2) is 88.1 Å². The van der Waals surface area contributed by atoms with Crippen LogP contribution in [-0.2, 0) is 9.59 Å². The van der Waals surface area contributed by atoms with Crippen molar-refractivity contribution in [2.75, 3.05) is 66.5 Å². The second-order valence-electron chi connectivity index (χ2n) is 11.3. The molecule has 2 saturated heterocycles. The lowest BCUT2D eigenvalue weighted by molar-refractivity contribution is -0.883. The zero-order valence-electron chi connectivity index (χ0n) is 19.2. The SMILES string of the molecule is C[NH+]1CCN(C(=O)C(C(=O)N2CC[NH+](C)CC2)C23CC4CC(CC(C4)C2)C3)CC1.[Cl-].[Cl-]. The number of nitrogens with one attached hydrogen (secondary N) is 2. The summed E-state index contributed by atoms with van der Waals surface area (Å²) in [6.07, 6.45) is 7.43. The molecule has 2 aliphatic heterocycles. The van der Waals surface area contributed by atoms with Crippen LogP contribution in [0.25, 0.3) is 0 Å². The molecule has 6 fully saturated rings. The first-order chi connectivity index (χ1) is 13.9. The highest BCUT2D eigenvalue weighted by Crippen LogP contribution is 2.63. The van der Waals surface area contributed by atoms with Gasteiger partial charge < -0.3 is 44.4 Å². The molecule has 0 atom stereocenters. The molecule has 2 N–H and O–H groups in total. The molecule has 0 radical (unpaired) electrons. The summed E-state index contributed by atoms with van der Waals surface area (Å²) in [6.45, 7) is 7.27. The Bertz CT molecular complexity index is 591. The highest BCUT2D eigenvalue weighted by Gasteiger charge is 2.59. The van der Waals surface area contributed by atoms with E-state index in [1.165, 1.54) is 29.1 Å². The summed E-state index contributed by atoms with van der Waals surface area (Å²) < 4.78 is 0. The van der Waals surface area contributed by atoms with Gasteiger partial charge in [0.1, 0.15) is 5.92 Å². The molecule has 4 saturated carbocycles. The van der Waals surface area contributed by atoms with Gasteiger partial charge in [-0.2, -0.15) is 0 Å². The Morgan fingerprint density at radius 1 is 0.710 bits per heavy atom. The third-order valence-electron chi connectivity index (χ3n) is 9.05. The summed E-state index contributed by atoms with van der Waals surface area (Å²) in [4.78, 5) is 35.0. The van der Waals surface area contributed by atoms with Crippen molar-refractivity contribution in [1.29, 1.82) is 0 Å². The summed E-state index contributed by atoms with van der Waals surface area (Å²) in [7, 11) is 4.41. The fraction of sp³-hybridized carbons (Fsp3) is 0.913. The molecule has 178 valence electrons. The zero-order chi connectivity index (χ0) is 20.2. The van der Waals surface area contributed by atoms with Crippen molar-refractivity contribution in [2.45, 2.75) is 38.5 Å². The Kier molecular flexibility index (Phi) is 7.88. The number of halogens is 2. The van der Waals surface area contributed by atoms with E-state index in [1.54, 1.807) is 0 Å². The molecule has 8 heteroatoms. The van der Waals surface area contributed by atoms with Gasteiger partial charge >= 0.3 is 0 Å². The quantitative estimate of drug-likeness (QED) is 0.399. The van der Waals surface area contributed by atoms with E-state index in [-0.39, 0.29) is 42.0 Å². The number of rotatable bonds is 3. The van der Waals surface area contributed by atoms with Crippen LogP contribution in [0.4, 0.5) is 0 Å². The zero-order valence-corrected chi connectivity index (χ0v) is 20.7. The standard InChI is InChI=1S/C23H38N4O2.2ClH/c1-24-3-7-26(8-4-24)21(28)20(22(29)27-9-5-25(2)6-10-27)23-14-17-11-18(15-23)13-19(12-17)16-23;;/h17-20H,3-16H2,1-2H3;2*1H. The van der Waals surface area contributed by atoms with Crippen LogP contribution < -0.4 is 34.6 Å². The first-order valence-corrected chi connectivity index (χ1v) is 12.1. The number of carbonyl (C=O) groups excluding carboxylic acids is 2. The molecule has 6 aliphatic rings. The Morgan fingerprint density at radius 3 is 1.35 bits per heavy atom. The summed E-state index contributed by atoms with van der Waals surface area (Å²) in [5, 5.41) is 0. The maximum atomic E-state index is 13.9. The normalized spacial score (nSPS) is 35.6. The Balaban J connectivity index is 0.00000136.